The number of piperidine rings is 1. The number of nitrogens with zero attached hydrogens (tertiary/aromatic N) is 4. The Morgan fingerprint density at radius 3 is 2.38 bits per heavy atom. The molecule has 2 fully saturated rings. The highest BCUT2D eigenvalue weighted by atomic mass is 35.5. The fourth-order valence-electron chi connectivity index (χ4n) is 9.42. The molecule has 3 N–H and O–H groups in total. The van der Waals surface area contributed by atoms with Crippen LogP contribution in [0.2, 0.25) is 5.02 Å². The van der Waals surface area contributed by atoms with Crippen molar-refractivity contribution in [3.63, 3.8) is 0 Å². The number of amides is 1. The first-order chi connectivity index (χ1) is 31.4. The lowest BCUT2D eigenvalue weighted by molar-refractivity contribution is -0.384. The molecule has 0 aliphatic carbocycles. The largest absolute Gasteiger partial charge is 0.376 e. The summed E-state index contributed by atoms with van der Waals surface area (Å²) in [6, 6.07) is 36.7. The summed E-state index contributed by atoms with van der Waals surface area (Å²) in [4.78, 5) is 33.6. The molecule has 0 saturated carbocycles. The van der Waals surface area contributed by atoms with Crippen molar-refractivity contribution in [2.45, 2.75) is 86.5 Å². The number of hydrogen-bond donors (Lipinski definition) is 3. The van der Waals surface area contributed by atoms with Crippen LogP contribution in [0.25, 0.3) is 11.1 Å². The van der Waals surface area contributed by atoms with Gasteiger partial charge >= 0.3 is 0 Å². The zero-order valence-corrected chi connectivity index (χ0v) is 39.4. The standard InChI is InChI=1S/C50H58ClN7O5S2/c1-35(2)52-41-22-25-55(26-23-41)27-24-42(34-64-44-9-4-3-5-10-44)53-47-20-19-45(31-49(47)58(60)61)65(62,63)54-50(59)38-15-21-48-37(30-38)14-18-43-33-56(28-29-57(43)48)32-39-8-6-7-11-46(39)36-12-16-40(51)17-13-36/h3-13,15-17,19-21,30-31,35,41-43,52-53H,14,18,22-29,32-34H2,1-2H3,(H,54,59)/t42-,43-/m1/s1. The molecule has 0 bridgehead atoms. The molecule has 5 aromatic carbocycles. The SMILES string of the molecule is CC(C)NC1CCN(CC[C@H](CSc2ccccc2)Nc2ccc(S(=O)(=O)NC(=O)c3ccc4c(c3)CC[C@@H]3CN(Cc5ccccc5-c5ccc(Cl)cc5)CCN43)cc2[N+](=O)[O-])CC1. The number of anilines is 2. The normalized spacial score (nSPS) is 17.6. The van der Waals surface area contributed by atoms with Crippen molar-refractivity contribution >= 4 is 56.4 Å². The zero-order valence-electron chi connectivity index (χ0n) is 37.0. The molecule has 2 atom stereocenters. The summed E-state index contributed by atoms with van der Waals surface area (Å²) >= 11 is 7.84. The van der Waals surface area contributed by atoms with Crippen LogP contribution in [0.3, 0.4) is 0 Å². The van der Waals surface area contributed by atoms with Gasteiger partial charge in [0.15, 0.2) is 0 Å². The Labute approximate surface area is 392 Å². The van der Waals surface area contributed by atoms with E-state index >= 15 is 0 Å². The number of nitro groups is 1. The number of piperazine rings is 1. The van der Waals surface area contributed by atoms with Crippen LogP contribution < -0.4 is 20.3 Å². The molecule has 65 heavy (non-hydrogen) atoms. The van der Waals surface area contributed by atoms with E-state index in [0.717, 1.165) is 106 Å². The monoisotopic (exact) mass is 935 g/mol. The van der Waals surface area contributed by atoms with Crippen LogP contribution in [0.15, 0.2) is 125 Å². The van der Waals surface area contributed by atoms with Gasteiger partial charge in [-0.25, -0.2) is 13.1 Å². The van der Waals surface area contributed by atoms with Crippen molar-refractivity contribution in [2.24, 2.45) is 0 Å². The van der Waals surface area contributed by atoms with Crippen LogP contribution in [0, 0.1) is 10.1 Å². The molecular formula is C50H58ClN7O5S2. The van der Waals surface area contributed by atoms with Crippen molar-refractivity contribution in [2.75, 3.05) is 55.2 Å². The van der Waals surface area contributed by atoms with Gasteiger partial charge in [-0.05, 0) is 122 Å². The molecule has 0 spiro atoms. The van der Waals surface area contributed by atoms with Crippen LogP contribution in [-0.2, 0) is 23.0 Å². The van der Waals surface area contributed by atoms with Crippen molar-refractivity contribution in [1.82, 2.24) is 19.8 Å². The topological polar surface area (TPSA) is 140 Å². The van der Waals surface area contributed by atoms with E-state index in [0.29, 0.717) is 28.9 Å². The van der Waals surface area contributed by atoms with Crippen LogP contribution >= 0.6 is 23.4 Å². The van der Waals surface area contributed by atoms with E-state index in [1.54, 1.807) is 23.9 Å². The highest BCUT2D eigenvalue weighted by molar-refractivity contribution is 7.99. The minimum Gasteiger partial charge on any atom is -0.376 e. The van der Waals surface area contributed by atoms with Gasteiger partial charge in [0.25, 0.3) is 21.6 Å². The fraction of sp³-hybridized carbons (Fsp3) is 0.380. The Hall–Kier alpha value is -4.96. The third-order valence-electron chi connectivity index (χ3n) is 12.7. The van der Waals surface area contributed by atoms with Gasteiger partial charge in [0.05, 0.1) is 9.82 Å². The molecule has 8 rings (SSSR count). The lowest BCUT2D eigenvalue weighted by Crippen LogP contribution is -2.54. The van der Waals surface area contributed by atoms with Crippen LogP contribution in [0.4, 0.5) is 17.1 Å². The highest BCUT2D eigenvalue weighted by Crippen LogP contribution is 2.35. The first-order valence-corrected chi connectivity index (χ1v) is 25.5. The average Bonchev–Trinajstić information content (AvgIpc) is 3.30. The van der Waals surface area contributed by atoms with Crippen LogP contribution in [0.5, 0.6) is 0 Å². The lowest BCUT2D eigenvalue weighted by Gasteiger charge is -2.46. The quantitative estimate of drug-likeness (QED) is 0.0468. The molecule has 3 aliphatic rings. The number of thioether (sulfide) groups is 1. The second-order valence-electron chi connectivity index (χ2n) is 17.7. The number of sulfonamides is 1. The summed E-state index contributed by atoms with van der Waals surface area (Å²) in [5, 5.41) is 20.2. The molecule has 5 aromatic rings. The average molecular weight is 937 g/mol. The van der Waals surface area contributed by atoms with Gasteiger partial charge in [0.1, 0.15) is 5.69 Å². The number of rotatable bonds is 17. The minimum atomic E-state index is -4.46. The Balaban J connectivity index is 0.903. The predicted molar refractivity (Wildman–Crippen MR) is 263 cm³/mol. The number of benzene rings is 5. The fourth-order valence-corrected chi connectivity index (χ4v) is 11.5. The molecule has 3 heterocycles. The summed E-state index contributed by atoms with van der Waals surface area (Å²) in [5.41, 5.74) is 5.74. The number of nitrogens with one attached hydrogen (secondary N) is 3. The van der Waals surface area contributed by atoms with Crippen molar-refractivity contribution < 1.29 is 18.1 Å². The van der Waals surface area contributed by atoms with E-state index in [1.165, 1.54) is 23.3 Å². The van der Waals surface area contributed by atoms with Crippen LogP contribution in [-0.4, -0.2) is 98.2 Å². The predicted octanol–water partition coefficient (Wildman–Crippen LogP) is 9.10. The zero-order chi connectivity index (χ0) is 45.5. The molecule has 2 saturated heterocycles. The smallest absolute Gasteiger partial charge is 0.293 e. The molecule has 342 valence electrons. The van der Waals surface area contributed by atoms with Gasteiger partial charge < -0.3 is 20.4 Å². The van der Waals surface area contributed by atoms with E-state index in [-0.39, 0.29) is 27.9 Å². The number of hydrogen-bond acceptors (Lipinski definition) is 11. The molecular weight excluding hydrogens is 878 g/mol. The van der Waals surface area contributed by atoms with E-state index in [9.17, 15) is 23.3 Å². The van der Waals surface area contributed by atoms with Crippen molar-refractivity contribution in [3.05, 3.63) is 147 Å². The number of carbonyl (C=O) groups is 1. The molecule has 0 radical (unpaired) electrons. The number of aryl methyl sites for hydroxylation is 1. The van der Waals surface area contributed by atoms with Crippen LogP contribution in [0.1, 0.15) is 61.0 Å². The van der Waals surface area contributed by atoms with E-state index in [2.05, 4.69) is 80.3 Å². The number of carbonyl (C=O) groups excluding carboxylic acids is 1. The molecule has 0 unspecified atom stereocenters. The summed E-state index contributed by atoms with van der Waals surface area (Å²) < 4.78 is 29.6. The minimum absolute atomic E-state index is 0.140. The van der Waals surface area contributed by atoms with Gasteiger partial charge in [-0.1, -0.05) is 80.0 Å². The highest BCUT2D eigenvalue weighted by Gasteiger charge is 2.33. The van der Waals surface area contributed by atoms with Gasteiger partial charge in [0, 0.05) is 89.9 Å². The first kappa shape index (κ1) is 46.6. The summed E-state index contributed by atoms with van der Waals surface area (Å²) in [6.45, 7) is 10.6. The maximum atomic E-state index is 13.7. The molecule has 3 aliphatic heterocycles. The van der Waals surface area contributed by atoms with Gasteiger partial charge in [0.2, 0.25) is 0 Å². The molecule has 1 amide bonds. The van der Waals surface area contributed by atoms with Gasteiger partial charge in [-0.2, -0.15) is 0 Å². The van der Waals surface area contributed by atoms with E-state index in [1.807, 2.05) is 48.5 Å². The Kier molecular flexibility index (Phi) is 15.1. The number of nitro benzene ring substituents is 1. The number of likely N-dealkylation sites (tertiary alicyclic amines) is 1. The Morgan fingerprint density at radius 2 is 1.63 bits per heavy atom. The Morgan fingerprint density at radius 1 is 0.877 bits per heavy atom. The molecule has 0 aromatic heterocycles. The third kappa shape index (κ3) is 11.9. The number of halogens is 1. The van der Waals surface area contributed by atoms with Crippen molar-refractivity contribution in [3.8, 4) is 11.1 Å². The summed E-state index contributed by atoms with van der Waals surface area (Å²) in [7, 11) is -4.46. The van der Waals surface area contributed by atoms with Gasteiger partial charge in [-0.3, -0.25) is 19.8 Å². The van der Waals surface area contributed by atoms with E-state index in [4.69, 9.17) is 11.6 Å². The second kappa shape index (κ2) is 21.1. The van der Waals surface area contributed by atoms with Crippen molar-refractivity contribution in [1.29, 1.82) is 0 Å². The maximum Gasteiger partial charge on any atom is 0.293 e. The number of fused-ring (bicyclic) bond motifs is 3. The summed E-state index contributed by atoms with van der Waals surface area (Å²) in [5.74, 6) is -0.132. The molecule has 12 nitrogen and oxygen atoms in total. The Bertz CT molecular complexity index is 2560. The summed E-state index contributed by atoms with van der Waals surface area (Å²) in [6.07, 6.45) is 4.54. The third-order valence-corrected chi connectivity index (χ3v) is 15.5. The van der Waals surface area contributed by atoms with Gasteiger partial charge in [-0.15, -0.1) is 11.8 Å². The first-order valence-electron chi connectivity index (χ1n) is 22.6. The lowest BCUT2D eigenvalue weighted by atomic mass is 9.92. The molecule has 15 heteroatoms. The van der Waals surface area contributed by atoms with E-state index < -0.39 is 20.9 Å². The second-order valence-corrected chi connectivity index (χ2v) is 20.9. The maximum absolute atomic E-state index is 13.7.